The van der Waals surface area contributed by atoms with Crippen molar-refractivity contribution in [2.45, 2.75) is 32.6 Å². The van der Waals surface area contributed by atoms with E-state index in [4.69, 9.17) is 0 Å². The second-order valence-electron chi connectivity index (χ2n) is 3.82. The van der Waals surface area contributed by atoms with Crippen LogP contribution in [0.3, 0.4) is 0 Å². The SMILES string of the molecule is CCCN(CCCS)CC1CC1. The van der Waals surface area contributed by atoms with Gasteiger partial charge in [-0.15, -0.1) is 0 Å². The Labute approximate surface area is 81.9 Å². The summed E-state index contributed by atoms with van der Waals surface area (Å²) in [6.45, 7) is 6.15. The van der Waals surface area contributed by atoms with Crippen molar-refractivity contribution in [1.82, 2.24) is 4.90 Å². The third-order valence-electron chi connectivity index (χ3n) is 2.39. The zero-order valence-electron chi connectivity index (χ0n) is 8.13. The molecule has 1 aliphatic carbocycles. The predicted octanol–water partition coefficient (Wildman–Crippen LogP) is 2.43. The fourth-order valence-electron chi connectivity index (χ4n) is 1.57. The molecule has 1 saturated carbocycles. The Bertz CT molecular complexity index is 112. The summed E-state index contributed by atoms with van der Waals surface area (Å²) in [5.74, 6) is 2.07. The Morgan fingerprint density at radius 2 is 2.08 bits per heavy atom. The van der Waals surface area contributed by atoms with Gasteiger partial charge in [0.05, 0.1) is 0 Å². The molecule has 0 aliphatic heterocycles. The molecule has 72 valence electrons. The molecule has 1 fully saturated rings. The fraction of sp³-hybridized carbons (Fsp3) is 1.00. The van der Waals surface area contributed by atoms with Gasteiger partial charge in [0.2, 0.25) is 0 Å². The first-order chi connectivity index (χ1) is 5.86. The molecule has 0 spiro atoms. The van der Waals surface area contributed by atoms with Gasteiger partial charge < -0.3 is 4.90 Å². The van der Waals surface area contributed by atoms with Gasteiger partial charge in [0.1, 0.15) is 0 Å². The van der Waals surface area contributed by atoms with E-state index in [0.29, 0.717) is 0 Å². The van der Waals surface area contributed by atoms with Crippen LogP contribution in [0.15, 0.2) is 0 Å². The van der Waals surface area contributed by atoms with E-state index in [2.05, 4.69) is 24.5 Å². The number of hydrogen-bond acceptors (Lipinski definition) is 2. The molecule has 0 atom stereocenters. The summed E-state index contributed by atoms with van der Waals surface area (Å²) in [5, 5.41) is 0. The Morgan fingerprint density at radius 3 is 2.58 bits per heavy atom. The smallest absolute Gasteiger partial charge is 0.000966 e. The van der Waals surface area contributed by atoms with Gasteiger partial charge in [0, 0.05) is 6.54 Å². The zero-order chi connectivity index (χ0) is 8.81. The number of nitrogens with zero attached hydrogens (tertiary/aromatic N) is 1. The van der Waals surface area contributed by atoms with Gasteiger partial charge in [-0.05, 0) is 50.4 Å². The number of hydrogen-bond donors (Lipinski definition) is 1. The van der Waals surface area contributed by atoms with E-state index in [1.807, 2.05) is 0 Å². The van der Waals surface area contributed by atoms with Crippen molar-refractivity contribution in [2.75, 3.05) is 25.4 Å². The van der Waals surface area contributed by atoms with Gasteiger partial charge in [-0.3, -0.25) is 0 Å². The second kappa shape index (κ2) is 5.87. The Hall–Kier alpha value is 0.310. The van der Waals surface area contributed by atoms with Crippen LogP contribution in [0, 0.1) is 5.92 Å². The highest BCUT2D eigenvalue weighted by Crippen LogP contribution is 2.29. The predicted molar refractivity (Wildman–Crippen MR) is 57.9 cm³/mol. The molecule has 1 aliphatic rings. The van der Waals surface area contributed by atoms with Crippen LogP contribution in [0.1, 0.15) is 32.6 Å². The van der Waals surface area contributed by atoms with E-state index in [-0.39, 0.29) is 0 Å². The van der Waals surface area contributed by atoms with E-state index in [1.54, 1.807) is 0 Å². The molecule has 0 aromatic carbocycles. The first-order valence-corrected chi connectivity index (χ1v) is 5.83. The molecule has 1 rings (SSSR count). The van der Waals surface area contributed by atoms with E-state index < -0.39 is 0 Å². The monoisotopic (exact) mass is 187 g/mol. The molecule has 0 unspecified atom stereocenters. The lowest BCUT2D eigenvalue weighted by molar-refractivity contribution is 0.265. The Kier molecular flexibility index (Phi) is 5.08. The molecule has 0 saturated heterocycles. The molecule has 0 N–H and O–H groups in total. The average Bonchev–Trinajstić information content (AvgIpc) is 2.84. The summed E-state index contributed by atoms with van der Waals surface area (Å²) in [5.41, 5.74) is 0. The van der Waals surface area contributed by atoms with E-state index in [1.165, 1.54) is 45.3 Å². The van der Waals surface area contributed by atoms with Crippen LogP contribution >= 0.6 is 12.6 Å². The molecule has 0 heterocycles. The van der Waals surface area contributed by atoms with Gasteiger partial charge in [-0.1, -0.05) is 6.92 Å². The van der Waals surface area contributed by atoms with Crippen molar-refractivity contribution in [3.63, 3.8) is 0 Å². The summed E-state index contributed by atoms with van der Waals surface area (Å²) in [6, 6.07) is 0. The maximum Gasteiger partial charge on any atom is 0.000966 e. The van der Waals surface area contributed by atoms with Crippen molar-refractivity contribution in [3.8, 4) is 0 Å². The minimum atomic E-state index is 1.03. The first kappa shape index (κ1) is 10.4. The van der Waals surface area contributed by atoms with Crippen LogP contribution < -0.4 is 0 Å². The minimum absolute atomic E-state index is 1.03. The van der Waals surface area contributed by atoms with Crippen LogP contribution in [-0.2, 0) is 0 Å². The topological polar surface area (TPSA) is 3.24 Å². The van der Waals surface area contributed by atoms with Crippen molar-refractivity contribution in [3.05, 3.63) is 0 Å². The number of rotatable bonds is 7. The molecule has 0 bridgehead atoms. The van der Waals surface area contributed by atoms with Crippen LogP contribution in [0.5, 0.6) is 0 Å². The molecule has 0 aromatic rings. The summed E-state index contributed by atoms with van der Waals surface area (Å²) in [7, 11) is 0. The lowest BCUT2D eigenvalue weighted by Gasteiger charge is -2.20. The summed E-state index contributed by atoms with van der Waals surface area (Å²) >= 11 is 4.24. The van der Waals surface area contributed by atoms with E-state index >= 15 is 0 Å². The highest BCUT2D eigenvalue weighted by molar-refractivity contribution is 7.80. The van der Waals surface area contributed by atoms with Crippen LogP contribution in [0.25, 0.3) is 0 Å². The maximum atomic E-state index is 4.24. The lowest BCUT2D eigenvalue weighted by atomic mass is 10.3. The van der Waals surface area contributed by atoms with E-state index in [0.717, 1.165) is 11.7 Å². The normalized spacial score (nSPS) is 17.2. The first-order valence-electron chi connectivity index (χ1n) is 5.20. The third kappa shape index (κ3) is 4.36. The highest BCUT2D eigenvalue weighted by Gasteiger charge is 2.23. The van der Waals surface area contributed by atoms with Crippen LogP contribution in [0.2, 0.25) is 0 Å². The fourth-order valence-corrected chi connectivity index (χ4v) is 1.71. The Morgan fingerprint density at radius 1 is 1.33 bits per heavy atom. The van der Waals surface area contributed by atoms with Crippen molar-refractivity contribution >= 4 is 12.6 Å². The lowest BCUT2D eigenvalue weighted by Crippen LogP contribution is -2.28. The average molecular weight is 187 g/mol. The molecular formula is C10H21NS. The van der Waals surface area contributed by atoms with Crippen LogP contribution in [-0.4, -0.2) is 30.3 Å². The largest absolute Gasteiger partial charge is 0.303 e. The van der Waals surface area contributed by atoms with Gasteiger partial charge in [-0.25, -0.2) is 0 Å². The van der Waals surface area contributed by atoms with Crippen molar-refractivity contribution < 1.29 is 0 Å². The van der Waals surface area contributed by atoms with Gasteiger partial charge in [0.15, 0.2) is 0 Å². The third-order valence-corrected chi connectivity index (χ3v) is 2.70. The van der Waals surface area contributed by atoms with Crippen molar-refractivity contribution in [1.29, 1.82) is 0 Å². The molecule has 0 aromatic heterocycles. The Balaban J connectivity index is 2.07. The second-order valence-corrected chi connectivity index (χ2v) is 4.27. The summed E-state index contributed by atoms with van der Waals surface area (Å²) < 4.78 is 0. The standard InChI is InChI=1S/C10H21NS/c1-2-6-11(7-3-8-12)9-10-4-5-10/h10,12H,2-9H2,1H3. The van der Waals surface area contributed by atoms with Gasteiger partial charge in [0.25, 0.3) is 0 Å². The summed E-state index contributed by atoms with van der Waals surface area (Å²) in [6.07, 6.45) is 5.48. The molecule has 12 heavy (non-hydrogen) atoms. The molecule has 0 radical (unpaired) electrons. The molecule has 1 nitrogen and oxygen atoms in total. The van der Waals surface area contributed by atoms with E-state index in [9.17, 15) is 0 Å². The quantitative estimate of drug-likeness (QED) is 0.599. The van der Waals surface area contributed by atoms with Gasteiger partial charge >= 0.3 is 0 Å². The maximum absolute atomic E-state index is 4.24. The van der Waals surface area contributed by atoms with Crippen molar-refractivity contribution in [2.24, 2.45) is 5.92 Å². The highest BCUT2D eigenvalue weighted by atomic mass is 32.1. The molecule has 0 amide bonds. The summed E-state index contributed by atoms with van der Waals surface area (Å²) in [4.78, 5) is 2.61. The number of thiol groups is 1. The van der Waals surface area contributed by atoms with Crippen LogP contribution in [0.4, 0.5) is 0 Å². The zero-order valence-corrected chi connectivity index (χ0v) is 9.02. The molecule has 2 heteroatoms. The molecular weight excluding hydrogens is 166 g/mol. The minimum Gasteiger partial charge on any atom is -0.303 e. The van der Waals surface area contributed by atoms with Gasteiger partial charge in [-0.2, -0.15) is 12.6 Å².